The Labute approximate surface area is 101 Å². The van der Waals surface area contributed by atoms with Crippen molar-refractivity contribution in [1.29, 1.82) is 0 Å². The van der Waals surface area contributed by atoms with E-state index in [9.17, 15) is 4.79 Å². The summed E-state index contributed by atoms with van der Waals surface area (Å²) in [5, 5.41) is 0. The minimum Gasteiger partial charge on any atom is -0.466 e. The van der Waals surface area contributed by atoms with Gasteiger partial charge in [-0.25, -0.2) is 4.85 Å². The van der Waals surface area contributed by atoms with Crippen LogP contribution in [0.2, 0.25) is 0 Å². The fraction of sp³-hybridized carbons (Fsp3) is 0.286. The van der Waals surface area contributed by atoms with Gasteiger partial charge in [-0.3, -0.25) is 4.79 Å². The number of carbonyl (C=O) groups excluding carboxylic acids is 1. The number of benzene rings is 1. The van der Waals surface area contributed by atoms with Crippen LogP contribution in [0.3, 0.4) is 0 Å². The van der Waals surface area contributed by atoms with Crippen molar-refractivity contribution < 1.29 is 9.53 Å². The predicted octanol–water partition coefficient (Wildman–Crippen LogP) is 3.09. The van der Waals surface area contributed by atoms with Crippen LogP contribution in [0, 0.1) is 6.57 Å². The topological polar surface area (TPSA) is 30.7 Å². The summed E-state index contributed by atoms with van der Waals surface area (Å²) in [6.45, 7) is 7.24. The van der Waals surface area contributed by atoms with Crippen molar-refractivity contribution in [2.75, 3.05) is 0 Å². The number of hydrogen-bond acceptors (Lipinski definition) is 2. The largest absolute Gasteiger partial charge is 0.466 e. The molecule has 1 aliphatic carbocycles. The van der Waals surface area contributed by atoms with Crippen molar-refractivity contribution >= 4 is 5.97 Å². The molecule has 1 aliphatic rings. The van der Waals surface area contributed by atoms with Crippen molar-refractivity contribution in [3.8, 4) is 0 Å². The smallest absolute Gasteiger partial charge is 0.336 e. The second-order valence-corrected chi connectivity index (χ2v) is 3.98. The maximum absolute atomic E-state index is 11.7. The van der Waals surface area contributed by atoms with Crippen LogP contribution in [0.5, 0.6) is 0 Å². The molecule has 3 nitrogen and oxygen atoms in total. The summed E-state index contributed by atoms with van der Waals surface area (Å²) >= 11 is 0. The van der Waals surface area contributed by atoms with Crippen LogP contribution in [0.15, 0.2) is 41.6 Å². The Morgan fingerprint density at radius 3 is 2.53 bits per heavy atom. The third kappa shape index (κ3) is 2.73. The zero-order valence-electron chi connectivity index (χ0n) is 9.48. The van der Waals surface area contributed by atoms with Gasteiger partial charge in [-0.1, -0.05) is 35.9 Å². The summed E-state index contributed by atoms with van der Waals surface area (Å²) in [5.74, 6) is -0.487. The van der Waals surface area contributed by atoms with E-state index in [1.807, 2.05) is 30.3 Å². The molecular formula is C14H13NO2. The van der Waals surface area contributed by atoms with E-state index in [0.29, 0.717) is 0 Å². The molecule has 1 aromatic rings. The van der Waals surface area contributed by atoms with Gasteiger partial charge in [0.1, 0.15) is 6.61 Å². The fourth-order valence-electron chi connectivity index (χ4n) is 1.65. The van der Waals surface area contributed by atoms with Crippen LogP contribution in [0.4, 0.5) is 0 Å². The molecule has 0 aliphatic heterocycles. The minimum atomic E-state index is -0.487. The molecule has 2 rings (SSSR count). The molecule has 1 aromatic carbocycles. The lowest BCUT2D eigenvalue weighted by atomic mass is 9.90. The van der Waals surface area contributed by atoms with E-state index in [1.54, 1.807) is 0 Å². The van der Waals surface area contributed by atoms with E-state index in [1.165, 1.54) is 0 Å². The monoisotopic (exact) mass is 227 g/mol. The van der Waals surface area contributed by atoms with E-state index >= 15 is 0 Å². The number of hydrogen-bond donors (Lipinski definition) is 0. The molecule has 0 unspecified atom stereocenters. The van der Waals surface area contributed by atoms with E-state index in [4.69, 9.17) is 11.3 Å². The summed E-state index contributed by atoms with van der Waals surface area (Å²) in [6.07, 6.45) is 2.79. The summed E-state index contributed by atoms with van der Waals surface area (Å²) in [5.41, 5.74) is 2.06. The number of nitrogens with zero attached hydrogens (tertiary/aromatic N) is 1. The van der Waals surface area contributed by atoms with Gasteiger partial charge in [0.25, 0.3) is 5.70 Å². The van der Waals surface area contributed by atoms with Gasteiger partial charge in [-0.2, -0.15) is 0 Å². The second-order valence-electron chi connectivity index (χ2n) is 3.98. The molecule has 0 heterocycles. The number of allylic oxidation sites excluding steroid dienone is 1. The first-order valence-corrected chi connectivity index (χ1v) is 5.62. The molecule has 1 saturated carbocycles. The van der Waals surface area contributed by atoms with E-state index in [0.717, 1.165) is 30.4 Å². The average molecular weight is 227 g/mol. The minimum absolute atomic E-state index is 0.187. The Balaban J connectivity index is 1.96. The molecule has 1 fully saturated rings. The van der Waals surface area contributed by atoms with Crippen molar-refractivity contribution in [2.45, 2.75) is 25.9 Å². The summed E-state index contributed by atoms with van der Waals surface area (Å²) in [6, 6.07) is 9.47. The highest BCUT2D eigenvalue weighted by Gasteiger charge is 2.21. The lowest BCUT2D eigenvalue weighted by Crippen LogP contribution is -2.11. The van der Waals surface area contributed by atoms with Gasteiger partial charge in [-0.05, 0) is 24.8 Å². The van der Waals surface area contributed by atoms with E-state index in [-0.39, 0.29) is 12.3 Å². The second kappa shape index (κ2) is 5.31. The third-order valence-electron chi connectivity index (χ3n) is 2.81. The summed E-state index contributed by atoms with van der Waals surface area (Å²) < 4.78 is 5.13. The molecule has 0 N–H and O–H groups in total. The zero-order valence-corrected chi connectivity index (χ0v) is 9.48. The van der Waals surface area contributed by atoms with Crippen LogP contribution in [-0.2, 0) is 16.1 Å². The van der Waals surface area contributed by atoms with E-state index < -0.39 is 5.97 Å². The number of rotatable bonds is 3. The van der Waals surface area contributed by atoms with Gasteiger partial charge < -0.3 is 4.74 Å². The van der Waals surface area contributed by atoms with Gasteiger partial charge in [-0.15, -0.1) is 0 Å². The maximum Gasteiger partial charge on any atom is 0.336 e. The lowest BCUT2D eigenvalue weighted by molar-refractivity contribution is -0.140. The highest BCUT2D eigenvalue weighted by Crippen LogP contribution is 2.29. The summed E-state index contributed by atoms with van der Waals surface area (Å²) in [4.78, 5) is 15.0. The normalized spacial score (nSPS) is 13.5. The van der Waals surface area contributed by atoms with Crippen LogP contribution >= 0.6 is 0 Å². The van der Waals surface area contributed by atoms with Gasteiger partial charge in [0.2, 0.25) is 0 Å². The molecule has 3 heteroatoms. The van der Waals surface area contributed by atoms with Crippen LogP contribution < -0.4 is 0 Å². The standard InChI is InChI=1S/C14H13NO2/c1-15-13(12-8-5-9-12)14(16)17-10-11-6-3-2-4-7-11/h2-4,6-7H,5,8-10H2. The molecule has 0 radical (unpaired) electrons. The third-order valence-corrected chi connectivity index (χ3v) is 2.81. The van der Waals surface area contributed by atoms with Gasteiger partial charge in [0.15, 0.2) is 0 Å². The van der Waals surface area contributed by atoms with Gasteiger partial charge in [0.05, 0.1) is 6.57 Å². The highest BCUT2D eigenvalue weighted by atomic mass is 16.5. The highest BCUT2D eigenvalue weighted by molar-refractivity contribution is 5.91. The molecule has 0 aromatic heterocycles. The fourth-order valence-corrected chi connectivity index (χ4v) is 1.65. The van der Waals surface area contributed by atoms with Crippen LogP contribution in [0.1, 0.15) is 24.8 Å². The maximum atomic E-state index is 11.7. The number of esters is 1. The van der Waals surface area contributed by atoms with E-state index in [2.05, 4.69) is 4.85 Å². The molecule has 0 atom stereocenters. The Hall–Kier alpha value is -2.08. The van der Waals surface area contributed by atoms with Crippen LogP contribution in [-0.4, -0.2) is 5.97 Å². The molecule has 0 bridgehead atoms. The van der Waals surface area contributed by atoms with Crippen molar-refractivity contribution in [1.82, 2.24) is 0 Å². The SMILES string of the molecule is [C-]#[N+]C(C(=O)OCc1ccccc1)=C1CCC1. The van der Waals surface area contributed by atoms with Crippen molar-refractivity contribution in [3.05, 3.63) is 58.6 Å². The lowest BCUT2D eigenvalue weighted by Gasteiger charge is -2.17. The van der Waals surface area contributed by atoms with Gasteiger partial charge >= 0.3 is 5.97 Å². The summed E-state index contributed by atoms with van der Waals surface area (Å²) in [7, 11) is 0. The molecule has 86 valence electrons. The first-order valence-electron chi connectivity index (χ1n) is 5.62. The molecule has 0 saturated heterocycles. The average Bonchev–Trinajstić information content (AvgIpc) is 2.31. The predicted molar refractivity (Wildman–Crippen MR) is 63.7 cm³/mol. The van der Waals surface area contributed by atoms with Crippen molar-refractivity contribution in [3.63, 3.8) is 0 Å². The Bertz CT molecular complexity index is 477. The number of carbonyl (C=O) groups is 1. The molecule has 0 amide bonds. The Morgan fingerprint density at radius 1 is 1.29 bits per heavy atom. The Morgan fingerprint density at radius 2 is 2.00 bits per heavy atom. The van der Waals surface area contributed by atoms with Crippen LogP contribution in [0.25, 0.3) is 4.85 Å². The van der Waals surface area contributed by atoms with Gasteiger partial charge in [0, 0.05) is 0 Å². The first kappa shape index (κ1) is 11.4. The van der Waals surface area contributed by atoms with Crippen molar-refractivity contribution in [2.24, 2.45) is 0 Å². The number of ether oxygens (including phenoxy) is 1. The Kier molecular flexibility index (Phi) is 3.56. The zero-order chi connectivity index (χ0) is 12.1. The molecular weight excluding hydrogens is 214 g/mol. The first-order chi connectivity index (χ1) is 8.31. The molecule has 0 spiro atoms. The quantitative estimate of drug-likeness (QED) is 0.451. The molecule has 17 heavy (non-hydrogen) atoms.